The van der Waals surface area contributed by atoms with Gasteiger partial charge in [0.1, 0.15) is 80.5 Å². The topological polar surface area (TPSA) is 278 Å². The second-order valence-corrected chi connectivity index (χ2v) is 8.69. The molecule has 3 saturated heterocycles. The molecular weight excluding hydrogens is 500 g/mol. The molecule has 0 saturated carbocycles. The zero-order valence-corrected chi connectivity index (χ0v) is 18.9. The fourth-order valence-corrected chi connectivity index (χ4v) is 4.28. The standard InChI is InChI=1S/C19H34O17/c20-1-6-9(24)12(27)14(29)17(32-6)34-16-11(26)7(2-21)35-19(16,4-22)36-18-15(30)13(28)10(25)8(33-18)3-31-5-23/h6-18,20-30H,1-5H2/t6-,7-,8-,9-,10-,11-,12+,13+,14-,15-,16+,17-,18-,19+/m1/s1. The van der Waals surface area contributed by atoms with Crippen molar-refractivity contribution in [2.75, 3.05) is 33.2 Å². The fourth-order valence-electron chi connectivity index (χ4n) is 4.28. The molecule has 0 spiro atoms. The Kier molecular flexibility index (Phi) is 10.3. The van der Waals surface area contributed by atoms with Crippen LogP contribution in [0, 0.1) is 0 Å². The van der Waals surface area contributed by atoms with E-state index in [9.17, 15) is 51.1 Å². The molecule has 0 aliphatic carbocycles. The summed E-state index contributed by atoms with van der Waals surface area (Å²) in [6.45, 7) is -3.91. The van der Waals surface area contributed by atoms with Crippen LogP contribution in [0.5, 0.6) is 0 Å². The minimum atomic E-state index is -2.44. The van der Waals surface area contributed by atoms with Crippen molar-refractivity contribution in [1.82, 2.24) is 0 Å². The van der Waals surface area contributed by atoms with Gasteiger partial charge in [0.15, 0.2) is 12.6 Å². The highest BCUT2D eigenvalue weighted by Gasteiger charge is 2.61. The normalized spacial score (nSPS) is 49.9. The Labute approximate surface area is 204 Å². The quantitative estimate of drug-likeness (QED) is 0.116. The van der Waals surface area contributed by atoms with Gasteiger partial charge in [-0.1, -0.05) is 0 Å². The van der Waals surface area contributed by atoms with Crippen LogP contribution in [0.4, 0.5) is 0 Å². The molecule has 0 aromatic heterocycles. The molecule has 0 radical (unpaired) electrons. The average Bonchev–Trinajstić information content (AvgIpc) is 3.14. The summed E-state index contributed by atoms with van der Waals surface area (Å²) in [5.74, 6) is -2.44. The first-order valence-electron chi connectivity index (χ1n) is 11.1. The molecule has 14 atom stereocenters. The molecule has 3 aliphatic heterocycles. The molecule has 11 N–H and O–H groups in total. The van der Waals surface area contributed by atoms with Gasteiger partial charge in [-0.3, -0.25) is 0 Å². The minimum Gasteiger partial charge on any atom is -0.394 e. The number of hydrogen-bond donors (Lipinski definition) is 11. The van der Waals surface area contributed by atoms with E-state index in [0.29, 0.717) is 0 Å². The van der Waals surface area contributed by atoms with E-state index in [4.69, 9.17) is 33.5 Å². The van der Waals surface area contributed by atoms with Gasteiger partial charge in [0.05, 0.1) is 19.8 Å². The Balaban J connectivity index is 1.86. The van der Waals surface area contributed by atoms with Crippen LogP contribution in [-0.4, -0.2) is 175 Å². The zero-order valence-electron chi connectivity index (χ0n) is 18.9. The lowest BCUT2D eigenvalue weighted by molar-refractivity contribution is -0.400. The molecule has 3 rings (SSSR count). The van der Waals surface area contributed by atoms with Gasteiger partial charge >= 0.3 is 0 Å². The van der Waals surface area contributed by atoms with Gasteiger partial charge in [0.2, 0.25) is 5.79 Å². The average molecular weight is 534 g/mol. The molecule has 17 nitrogen and oxygen atoms in total. The molecule has 0 amide bonds. The van der Waals surface area contributed by atoms with Crippen LogP contribution < -0.4 is 0 Å². The molecule has 0 unspecified atom stereocenters. The van der Waals surface area contributed by atoms with Crippen LogP contribution in [0.1, 0.15) is 0 Å². The van der Waals surface area contributed by atoms with Gasteiger partial charge in [-0.25, -0.2) is 0 Å². The lowest BCUT2D eigenvalue weighted by Gasteiger charge is -2.45. The third-order valence-electron chi connectivity index (χ3n) is 6.36. The van der Waals surface area contributed by atoms with Crippen molar-refractivity contribution in [2.45, 2.75) is 85.5 Å². The molecule has 36 heavy (non-hydrogen) atoms. The summed E-state index contributed by atoms with van der Waals surface area (Å²) in [5, 5.41) is 110. The van der Waals surface area contributed by atoms with E-state index in [2.05, 4.69) is 0 Å². The monoisotopic (exact) mass is 534 g/mol. The predicted octanol–water partition coefficient (Wildman–Crippen LogP) is -7.60. The lowest BCUT2D eigenvalue weighted by Crippen LogP contribution is -2.64. The van der Waals surface area contributed by atoms with E-state index in [1.54, 1.807) is 0 Å². The van der Waals surface area contributed by atoms with Gasteiger partial charge in [0.25, 0.3) is 0 Å². The molecular formula is C19H34O17. The van der Waals surface area contributed by atoms with Gasteiger partial charge in [-0.05, 0) is 0 Å². The van der Waals surface area contributed by atoms with Crippen molar-refractivity contribution >= 4 is 0 Å². The maximum absolute atomic E-state index is 10.7. The number of hydrogen-bond acceptors (Lipinski definition) is 17. The third-order valence-corrected chi connectivity index (χ3v) is 6.36. The number of aliphatic hydroxyl groups is 11. The third kappa shape index (κ3) is 5.67. The van der Waals surface area contributed by atoms with Gasteiger partial charge < -0.3 is 84.6 Å². The smallest absolute Gasteiger partial charge is 0.224 e. The summed E-state index contributed by atoms with van der Waals surface area (Å²) >= 11 is 0. The molecule has 17 heteroatoms. The first kappa shape index (κ1) is 29.9. The van der Waals surface area contributed by atoms with Crippen molar-refractivity contribution in [2.24, 2.45) is 0 Å². The SMILES string of the molecule is OCOC[C@H]1O[C@H](O[C@]2(CO)O[C@H](CO)[C@@H](O)[C@@H]2O[C@H]2O[C@H](CO)[C@@H](O)[C@H](O)[C@H]2O)[C@H](O)[C@@H](O)[C@@H]1O. The summed E-state index contributed by atoms with van der Waals surface area (Å²) in [4.78, 5) is 0. The summed E-state index contributed by atoms with van der Waals surface area (Å²) in [5.41, 5.74) is 0. The molecule has 3 heterocycles. The second-order valence-electron chi connectivity index (χ2n) is 8.69. The molecule has 0 aromatic carbocycles. The fraction of sp³-hybridized carbons (Fsp3) is 1.00. The first-order chi connectivity index (χ1) is 17.0. The largest absolute Gasteiger partial charge is 0.394 e. The van der Waals surface area contributed by atoms with Crippen LogP contribution in [0.3, 0.4) is 0 Å². The Hall–Kier alpha value is -0.680. The van der Waals surface area contributed by atoms with Gasteiger partial charge in [-0.2, -0.15) is 0 Å². The van der Waals surface area contributed by atoms with Crippen molar-refractivity contribution in [1.29, 1.82) is 0 Å². The molecule has 0 bridgehead atoms. The van der Waals surface area contributed by atoms with E-state index in [0.717, 1.165) is 0 Å². The lowest BCUT2D eigenvalue weighted by atomic mass is 9.98. The predicted molar refractivity (Wildman–Crippen MR) is 107 cm³/mol. The van der Waals surface area contributed by atoms with Gasteiger partial charge in [0, 0.05) is 0 Å². The molecule has 0 aromatic rings. The Morgan fingerprint density at radius 3 is 1.72 bits per heavy atom. The highest BCUT2D eigenvalue weighted by molar-refractivity contribution is 5.01. The highest BCUT2D eigenvalue weighted by atomic mass is 16.8. The van der Waals surface area contributed by atoms with E-state index >= 15 is 0 Å². The van der Waals surface area contributed by atoms with Crippen LogP contribution >= 0.6 is 0 Å². The Bertz CT molecular complexity index is 684. The summed E-state index contributed by atoms with van der Waals surface area (Å²) in [7, 11) is 0. The zero-order chi connectivity index (χ0) is 26.8. The highest BCUT2D eigenvalue weighted by Crippen LogP contribution is 2.39. The van der Waals surface area contributed by atoms with Crippen molar-refractivity contribution < 1.29 is 84.6 Å². The van der Waals surface area contributed by atoms with Crippen molar-refractivity contribution in [3.63, 3.8) is 0 Å². The molecule has 3 aliphatic rings. The maximum atomic E-state index is 10.7. The molecule has 212 valence electrons. The summed E-state index contributed by atoms with van der Waals surface area (Å²) in [6.07, 6.45) is -22.3. The number of ether oxygens (including phenoxy) is 6. The van der Waals surface area contributed by atoms with E-state index < -0.39 is 119 Å². The van der Waals surface area contributed by atoms with E-state index in [-0.39, 0.29) is 0 Å². The first-order valence-corrected chi connectivity index (χ1v) is 11.1. The van der Waals surface area contributed by atoms with E-state index in [1.165, 1.54) is 0 Å². The van der Waals surface area contributed by atoms with Crippen LogP contribution in [-0.2, 0) is 28.4 Å². The molecule has 3 fully saturated rings. The minimum absolute atomic E-state index is 0.443. The maximum Gasteiger partial charge on any atom is 0.224 e. The van der Waals surface area contributed by atoms with Crippen LogP contribution in [0.2, 0.25) is 0 Å². The number of rotatable bonds is 10. The van der Waals surface area contributed by atoms with Crippen molar-refractivity contribution in [3.05, 3.63) is 0 Å². The summed E-state index contributed by atoms with van der Waals surface area (Å²) in [6, 6.07) is 0. The Morgan fingerprint density at radius 2 is 1.17 bits per heavy atom. The Morgan fingerprint density at radius 1 is 0.611 bits per heavy atom. The number of aliphatic hydroxyl groups excluding tert-OH is 11. The van der Waals surface area contributed by atoms with Gasteiger partial charge in [-0.15, -0.1) is 0 Å². The van der Waals surface area contributed by atoms with Crippen molar-refractivity contribution in [3.8, 4) is 0 Å². The van der Waals surface area contributed by atoms with E-state index in [1.807, 2.05) is 0 Å². The summed E-state index contributed by atoms with van der Waals surface area (Å²) < 4.78 is 32.0. The second kappa shape index (κ2) is 12.5. The van der Waals surface area contributed by atoms with Crippen LogP contribution in [0.15, 0.2) is 0 Å². The van der Waals surface area contributed by atoms with Crippen LogP contribution in [0.25, 0.3) is 0 Å².